The van der Waals surface area contributed by atoms with Crippen LogP contribution in [0, 0.1) is 10.1 Å². The van der Waals surface area contributed by atoms with E-state index in [1.165, 1.54) is 36.4 Å². The Kier molecular flexibility index (Phi) is 5.99. The molecule has 1 aliphatic rings. The number of nitro groups is 1. The minimum atomic E-state index is -0.725. The number of phenolic OH excluding ortho intramolecular Hbond substituents is 1. The van der Waals surface area contributed by atoms with Crippen LogP contribution in [0.1, 0.15) is 12.5 Å². The quantitative estimate of drug-likeness (QED) is 0.421. The molecule has 0 atom stereocenters. The summed E-state index contributed by atoms with van der Waals surface area (Å²) >= 11 is 1.06. The van der Waals surface area contributed by atoms with Crippen molar-refractivity contribution in [3.63, 3.8) is 0 Å². The predicted octanol–water partition coefficient (Wildman–Crippen LogP) is 4.49. The van der Waals surface area contributed by atoms with Gasteiger partial charge < -0.3 is 14.9 Å². The molecule has 0 radical (unpaired) electrons. The molecule has 0 amide bonds. The summed E-state index contributed by atoms with van der Waals surface area (Å²) in [6.07, 6.45) is 1.61. The fraction of sp³-hybridized carbons (Fsp3) is 0.100. The highest BCUT2D eigenvalue weighted by Crippen LogP contribution is 2.40. The third-order valence-corrected chi connectivity index (χ3v) is 4.85. The van der Waals surface area contributed by atoms with Crippen molar-refractivity contribution in [2.75, 3.05) is 6.61 Å². The molecule has 0 aliphatic carbocycles. The Morgan fingerprint density at radius 3 is 2.59 bits per heavy atom. The summed E-state index contributed by atoms with van der Waals surface area (Å²) in [5.41, 5.74) is 0.841. The maximum absolute atomic E-state index is 12.4. The lowest BCUT2D eigenvalue weighted by molar-refractivity contribution is -0.384. The zero-order chi connectivity index (χ0) is 21.0. The fourth-order valence-corrected chi connectivity index (χ4v) is 3.56. The zero-order valence-corrected chi connectivity index (χ0v) is 16.0. The number of carbonyl (C=O) groups excluding carboxylic acids is 1. The minimum absolute atomic E-state index is 0.0659. The second kappa shape index (κ2) is 8.61. The van der Waals surface area contributed by atoms with Crippen LogP contribution in [0.4, 0.5) is 11.4 Å². The van der Waals surface area contributed by atoms with Crippen molar-refractivity contribution in [2.24, 2.45) is 4.99 Å². The molecule has 1 heterocycles. The van der Waals surface area contributed by atoms with Gasteiger partial charge in [0.15, 0.2) is 0 Å². The van der Waals surface area contributed by atoms with Gasteiger partial charge in [0, 0.05) is 12.1 Å². The van der Waals surface area contributed by atoms with Crippen molar-refractivity contribution in [3.8, 4) is 5.75 Å². The maximum Gasteiger partial charge on any atom is 0.344 e. The van der Waals surface area contributed by atoms with Gasteiger partial charge in [-0.1, -0.05) is 23.9 Å². The average molecular weight is 412 g/mol. The number of aliphatic hydroxyl groups is 1. The molecule has 2 N–H and O–H groups in total. The molecule has 1 aliphatic heterocycles. The maximum atomic E-state index is 12.4. The molecule has 0 saturated heterocycles. The predicted molar refractivity (Wildman–Crippen MR) is 110 cm³/mol. The molecule has 8 nitrogen and oxygen atoms in total. The first-order valence-corrected chi connectivity index (χ1v) is 9.33. The lowest BCUT2D eigenvalue weighted by Gasteiger charge is -2.03. The standard InChI is InChI=1S/C20H16N2O6S/c1-2-28-20(25)17-18(24)16(11-12-4-3-5-15(23)10-12)29-19(17)21-13-6-8-14(9-7-13)22(26)27/h3-11,23-24H,2H2,1H3/b16-11-,21-19?. The smallest absolute Gasteiger partial charge is 0.344 e. The monoisotopic (exact) mass is 412 g/mol. The Bertz CT molecular complexity index is 1060. The van der Waals surface area contributed by atoms with Gasteiger partial charge in [0.2, 0.25) is 0 Å². The summed E-state index contributed by atoms with van der Waals surface area (Å²) in [7, 11) is 0. The molecule has 0 unspecified atom stereocenters. The lowest BCUT2D eigenvalue weighted by atomic mass is 10.1. The lowest BCUT2D eigenvalue weighted by Crippen LogP contribution is -2.12. The molecule has 0 fully saturated rings. The van der Waals surface area contributed by atoms with Crippen molar-refractivity contribution in [1.29, 1.82) is 0 Å². The number of hydrogen-bond donors (Lipinski definition) is 2. The van der Waals surface area contributed by atoms with Crippen LogP contribution < -0.4 is 0 Å². The van der Waals surface area contributed by atoms with Crippen molar-refractivity contribution in [1.82, 2.24) is 0 Å². The van der Waals surface area contributed by atoms with Gasteiger partial charge in [-0.05, 0) is 42.8 Å². The fourth-order valence-electron chi connectivity index (χ4n) is 2.52. The summed E-state index contributed by atoms with van der Waals surface area (Å²) in [4.78, 5) is 27.3. The molecular weight excluding hydrogens is 396 g/mol. The first-order chi connectivity index (χ1) is 13.9. The van der Waals surface area contributed by atoms with E-state index in [0.717, 1.165) is 11.8 Å². The van der Waals surface area contributed by atoms with Crippen LogP contribution in [-0.2, 0) is 9.53 Å². The Labute approximate surface area is 170 Å². The number of benzene rings is 2. The summed E-state index contributed by atoms with van der Waals surface area (Å²) in [5.74, 6) is -0.939. The Hall–Kier alpha value is -3.59. The number of hydrogen-bond acceptors (Lipinski definition) is 8. The Morgan fingerprint density at radius 1 is 1.24 bits per heavy atom. The summed E-state index contributed by atoms with van der Waals surface area (Å²) in [6.45, 7) is 1.77. The van der Waals surface area contributed by atoms with Gasteiger partial charge in [-0.3, -0.25) is 10.1 Å². The van der Waals surface area contributed by atoms with Crippen LogP contribution in [-0.4, -0.2) is 32.8 Å². The number of nitrogens with zero attached hydrogens (tertiary/aromatic N) is 2. The first-order valence-electron chi connectivity index (χ1n) is 8.52. The van der Waals surface area contributed by atoms with E-state index in [1.54, 1.807) is 25.1 Å². The summed E-state index contributed by atoms with van der Waals surface area (Å²) in [5, 5.41) is 31.2. The number of carbonyl (C=O) groups is 1. The SMILES string of the molecule is CCOC(=O)C1=C(O)/C(=C/c2cccc(O)c2)SC1=Nc1ccc([N+](=O)[O-])cc1. The first kappa shape index (κ1) is 20.2. The van der Waals surface area contributed by atoms with Crippen molar-refractivity contribution in [3.05, 3.63) is 80.4 Å². The van der Waals surface area contributed by atoms with Gasteiger partial charge in [-0.25, -0.2) is 9.79 Å². The van der Waals surface area contributed by atoms with E-state index in [0.29, 0.717) is 16.2 Å². The number of rotatable bonds is 5. The highest BCUT2D eigenvalue weighted by Gasteiger charge is 2.33. The van der Waals surface area contributed by atoms with E-state index < -0.39 is 10.9 Å². The molecule has 0 spiro atoms. The molecule has 0 bridgehead atoms. The highest BCUT2D eigenvalue weighted by atomic mass is 32.2. The van der Waals surface area contributed by atoms with Gasteiger partial charge in [0.25, 0.3) is 5.69 Å². The van der Waals surface area contributed by atoms with Crippen molar-refractivity contribution >= 4 is 40.2 Å². The molecule has 2 aromatic carbocycles. The van der Waals surface area contributed by atoms with Crippen LogP contribution in [0.2, 0.25) is 0 Å². The average Bonchev–Trinajstić information content (AvgIpc) is 2.97. The number of nitro benzene ring substituents is 1. The number of thioether (sulfide) groups is 1. The van der Waals surface area contributed by atoms with Gasteiger partial charge >= 0.3 is 5.97 Å². The van der Waals surface area contributed by atoms with E-state index >= 15 is 0 Å². The van der Waals surface area contributed by atoms with Gasteiger partial charge in [0.05, 0.1) is 22.1 Å². The number of esters is 1. The van der Waals surface area contributed by atoms with Crippen molar-refractivity contribution < 1.29 is 24.7 Å². The Balaban J connectivity index is 2.01. The van der Waals surface area contributed by atoms with E-state index in [9.17, 15) is 25.1 Å². The van der Waals surface area contributed by atoms with Crippen LogP contribution in [0.5, 0.6) is 5.75 Å². The molecular formula is C20H16N2O6S. The van der Waals surface area contributed by atoms with Gasteiger partial charge in [0.1, 0.15) is 22.1 Å². The molecule has 9 heteroatoms. The van der Waals surface area contributed by atoms with Gasteiger partial charge in [-0.15, -0.1) is 0 Å². The largest absolute Gasteiger partial charge is 0.508 e. The normalized spacial score (nSPS) is 16.4. The molecule has 0 aromatic heterocycles. The van der Waals surface area contributed by atoms with E-state index in [-0.39, 0.29) is 34.4 Å². The molecule has 29 heavy (non-hydrogen) atoms. The van der Waals surface area contributed by atoms with E-state index in [2.05, 4.69) is 4.99 Å². The van der Waals surface area contributed by atoms with Crippen molar-refractivity contribution in [2.45, 2.75) is 6.92 Å². The summed E-state index contributed by atoms with van der Waals surface area (Å²) in [6, 6.07) is 11.9. The number of ether oxygens (including phenoxy) is 1. The molecule has 0 saturated carbocycles. The third kappa shape index (κ3) is 4.64. The summed E-state index contributed by atoms with van der Waals surface area (Å²) < 4.78 is 5.02. The van der Waals surface area contributed by atoms with Gasteiger partial charge in [-0.2, -0.15) is 0 Å². The zero-order valence-electron chi connectivity index (χ0n) is 15.2. The second-order valence-corrected chi connectivity index (χ2v) is 6.87. The van der Waals surface area contributed by atoms with E-state index in [4.69, 9.17) is 4.74 Å². The number of aromatic hydroxyl groups is 1. The topological polar surface area (TPSA) is 122 Å². The number of non-ortho nitro benzene ring substituents is 1. The van der Waals surface area contributed by atoms with E-state index in [1.807, 2.05) is 0 Å². The van der Waals surface area contributed by atoms with Crippen LogP contribution >= 0.6 is 11.8 Å². The Morgan fingerprint density at radius 2 is 1.97 bits per heavy atom. The highest BCUT2D eigenvalue weighted by molar-refractivity contribution is 8.18. The molecule has 148 valence electrons. The number of phenols is 1. The van der Waals surface area contributed by atoms with Crippen LogP contribution in [0.3, 0.4) is 0 Å². The third-order valence-electron chi connectivity index (χ3n) is 3.83. The van der Waals surface area contributed by atoms with Crippen LogP contribution in [0.15, 0.2) is 69.8 Å². The number of aliphatic hydroxyl groups excluding tert-OH is 1. The minimum Gasteiger partial charge on any atom is -0.508 e. The molecule has 2 aromatic rings. The molecule has 3 rings (SSSR count). The second-order valence-electron chi connectivity index (χ2n) is 5.84. The van der Waals surface area contributed by atoms with Crippen LogP contribution in [0.25, 0.3) is 6.08 Å². The number of aliphatic imine (C=N–C) groups is 1.